The van der Waals surface area contributed by atoms with Gasteiger partial charge in [-0.05, 0) is 24.3 Å². The van der Waals surface area contributed by atoms with Gasteiger partial charge in [0, 0.05) is 58.0 Å². The molecule has 5 heteroatoms. The minimum absolute atomic E-state index is 0.164. The summed E-state index contributed by atoms with van der Waals surface area (Å²) >= 11 is 0. The fourth-order valence-electron chi connectivity index (χ4n) is 2.99. The summed E-state index contributed by atoms with van der Waals surface area (Å²) in [4.78, 5) is 7.34. The number of nitrogens with zero attached hydrogens (tertiary/aromatic N) is 3. The molecule has 116 valence electrons. The quantitative estimate of drug-likeness (QED) is 0.832. The smallest absolute Gasteiger partial charge is 0.123 e. The van der Waals surface area contributed by atoms with Crippen LogP contribution in [-0.2, 0) is 4.74 Å². The fraction of sp³-hybridized carbons (Fsp3) is 0.625. The molecular weight excluding hydrogens is 269 g/mol. The Morgan fingerprint density at radius 1 is 0.810 bits per heavy atom. The zero-order valence-corrected chi connectivity index (χ0v) is 12.5. The van der Waals surface area contributed by atoms with Crippen LogP contribution in [0, 0.1) is 5.82 Å². The molecule has 0 radical (unpaired) electrons. The molecule has 0 aromatic heterocycles. The van der Waals surface area contributed by atoms with Crippen LogP contribution in [0.3, 0.4) is 0 Å². The van der Waals surface area contributed by atoms with E-state index in [0.29, 0.717) is 0 Å². The summed E-state index contributed by atoms with van der Waals surface area (Å²) in [5.41, 5.74) is 1.13. The highest BCUT2D eigenvalue weighted by Crippen LogP contribution is 2.16. The third-order valence-corrected chi connectivity index (χ3v) is 4.40. The number of benzene rings is 1. The molecule has 4 nitrogen and oxygen atoms in total. The number of hydrogen-bond acceptors (Lipinski definition) is 4. The lowest BCUT2D eigenvalue weighted by Gasteiger charge is -2.37. The average molecular weight is 293 g/mol. The molecule has 0 unspecified atom stereocenters. The molecule has 0 bridgehead atoms. The predicted molar refractivity (Wildman–Crippen MR) is 82.3 cm³/mol. The summed E-state index contributed by atoms with van der Waals surface area (Å²) in [6.45, 7) is 10.4. The van der Waals surface area contributed by atoms with Crippen molar-refractivity contribution in [2.75, 3.05) is 70.5 Å². The monoisotopic (exact) mass is 293 g/mol. The summed E-state index contributed by atoms with van der Waals surface area (Å²) in [5.74, 6) is -0.164. The van der Waals surface area contributed by atoms with Crippen molar-refractivity contribution >= 4 is 5.69 Å². The zero-order valence-electron chi connectivity index (χ0n) is 12.5. The van der Waals surface area contributed by atoms with Crippen LogP contribution in [0.2, 0.25) is 0 Å². The first-order chi connectivity index (χ1) is 10.3. The topological polar surface area (TPSA) is 19.0 Å². The Balaban J connectivity index is 1.41. The van der Waals surface area contributed by atoms with Crippen LogP contribution in [0.5, 0.6) is 0 Å². The molecule has 0 saturated carbocycles. The van der Waals surface area contributed by atoms with Gasteiger partial charge in [0.1, 0.15) is 5.82 Å². The SMILES string of the molecule is Fc1ccc(N2CCN(CCN3CCOCC3)CC2)cc1. The molecule has 3 rings (SSSR count). The summed E-state index contributed by atoms with van der Waals surface area (Å²) in [6.07, 6.45) is 0. The number of piperazine rings is 1. The Labute approximate surface area is 126 Å². The molecule has 1 aromatic rings. The van der Waals surface area contributed by atoms with E-state index in [2.05, 4.69) is 14.7 Å². The van der Waals surface area contributed by atoms with Crippen molar-refractivity contribution in [3.05, 3.63) is 30.1 Å². The van der Waals surface area contributed by atoms with Crippen molar-refractivity contribution in [3.63, 3.8) is 0 Å². The van der Waals surface area contributed by atoms with Gasteiger partial charge >= 0.3 is 0 Å². The predicted octanol–water partition coefficient (Wildman–Crippen LogP) is 1.28. The van der Waals surface area contributed by atoms with Crippen molar-refractivity contribution in [1.82, 2.24) is 9.80 Å². The van der Waals surface area contributed by atoms with E-state index in [-0.39, 0.29) is 5.82 Å². The van der Waals surface area contributed by atoms with E-state index in [4.69, 9.17) is 4.74 Å². The number of rotatable bonds is 4. The standard InChI is InChI=1S/C16H24FN3O/c17-15-1-3-16(4-2-15)20-9-7-18(8-10-20)5-6-19-11-13-21-14-12-19/h1-4H,5-14H2. The van der Waals surface area contributed by atoms with Crippen molar-refractivity contribution in [2.45, 2.75) is 0 Å². The fourth-order valence-corrected chi connectivity index (χ4v) is 2.99. The maximum Gasteiger partial charge on any atom is 0.123 e. The van der Waals surface area contributed by atoms with Crippen LogP contribution in [-0.4, -0.2) is 75.4 Å². The molecule has 2 aliphatic rings. The first kappa shape index (κ1) is 14.8. The lowest BCUT2D eigenvalue weighted by molar-refractivity contribution is 0.0331. The van der Waals surface area contributed by atoms with Gasteiger partial charge < -0.3 is 9.64 Å². The van der Waals surface area contributed by atoms with Crippen LogP contribution < -0.4 is 4.90 Å². The average Bonchev–Trinajstić information content (AvgIpc) is 2.55. The minimum Gasteiger partial charge on any atom is -0.379 e. The highest BCUT2D eigenvalue weighted by molar-refractivity contribution is 5.46. The van der Waals surface area contributed by atoms with E-state index < -0.39 is 0 Å². The maximum atomic E-state index is 13.0. The third-order valence-electron chi connectivity index (χ3n) is 4.40. The van der Waals surface area contributed by atoms with Gasteiger partial charge in [-0.2, -0.15) is 0 Å². The van der Waals surface area contributed by atoms with Gasteiger partial charge in [0.05, 0.1) is 13.2 Å². The molecule has 0 aliphatic carbocycles. The number of ether oxygens (including phenoxy) is 1. The third kappa shape index (κ3) is 4.15. The summed E-state index contributed by atoms with van der Waals surface area (Å²) < 4.78 is 18.3. The maximum absolute atomic E-state index is 13.0. The molecule has 0 atom stereocenters. The zero-order chi connectivity index (χ0) is 14.5. The molecule has 2 heterocycles. The Morgan fingerprint density at radius 2 is 1.38 bits per heavy atom. The molecule has 0 spiro atoms. The normalized spacial score (nSPS) is 21.7. The van der Waals surface area contributed by atoms with Gasteiger partial charge in [-0.15, -0.1) is 0 Å². The number of halogens is 1. The van der Waals surface area contributed by atoms with Gasteiger partial charge in [0.15, 0.2) is 0 Å². The Morgan fingerprint density at radius 3 is 2.00 bits per heavy atom. The highest BCUT2D eigenvalue weighted by atomic mass is 19.1. The van der Waals surface area contributed by atoms with Crippen LogP contribution in [0.25, 0.3) is 0 Å². The Bertz CT molecular complexity index is 426. The van der Waals surface area contributed by atoms with Gasteiger partial charge in [-0.25, -0.2) is 4.39 Å². The second kappa shape index (κ2) is 7.20. The van der Waals surface area contributed by atoms with Crippen molar-refractivity contribution in [1.29, 1.82) is 0 Å². The van der Waals surface area contributed by atoms with Gasteiger partial charge in [-0.3, -0.25) is 9.80 Å². The van der Waals surface area contributed by atoms with Crippen LogP contribution in [0.4, 0.5) is 10.1 Å². The Hall–Kier alpha value is -1.17. The number of anilines is 1. The first-order valence-electron chi connectivity index (χ1n) is 7.84. The summed E-state index contributed by atoms with van der Waals surface area (Å²) in [7, 11) is 0. The summed E-state index contributed by atoms with van der Waals surface area (Å²) in [6, 6.07) is 6.83. The Kier molecular flexibility index (Phi) is 5.06. The van der Waals surface area contributed by atoms with E-state index in [1.165, 1.54) is 0 Å². The first-order valence-corrected chi connectivity index (χ1v) is 7.84. The van der Waals surface area contributed by atoms with Crippen LogP contribution >= 0.6 is 0 Å². The molecule has 2 aliphatic heterocycles. The van der Waals surface area contributed by atoms with E-state index >= 15 is 0 Å². The molecule has 2 fully saturated rings. The van der Waals surface area contributed by atoms with Crippen molar-refractivity contribution in [2.24, 2.45) is 0 Å². The second-order valence-electron chi connectivity index (χ2n) is 5.76. The number of morpholine rings is 1. The minimum atomic E-state index is -0.164. The molecular formula is C16H24FN3O. The second-order valence-corrected chi connectivity index (χ2v) is 5.76. The van der Waals surface area contributed by atoms with Crippen LogP contribution in [0.1, 0.15) is 0 Å². The largest absolute Gasteiger partial charge is 0.379 e. The van der Waals surface area contributed by atoms with Gasteiger partial charge in [-0.1, -0.05) is 0 Å². The van der Waals surface area contributed by atoms with Crippen molar-refractivity contribution < 1.29 is 9.13 Å². The van der Waals surface area contributed by atoms with E-state index in [0.717, 1.165) is 71.3 Å². The van der Waals surface area contributed by atoms with Crippen LogP contribution in [0.15, 0.2) is 24.3 Å². The molecule has 0 amide bonds. The summed E-state index contributed by atoms with van der Waals surface area (Å²) in [5, 5.41) is 0. The van der Waals surface area contributed by atoms with E-state index in [1.54, 1.807) is 12.1 Å². The van der Waals surface area contributed by atoms with Gasteiger partial charge in [0.2, 0.25) is 0 Å². The van der Waals surface area contributed by atoms with E-state index in [9.17, 15) is 4.39 Å². The molecule has 21 heavy (non-hydrogen) atoms. The number of hydrogen-bond donors (Lipinski definition) is 0. The van der Waals surface area contributed by atoms with E-state index in [1.807, 2.05) is 12.1 Å². The van der Waals surface area contributed by atoms with Crippen molar-refractivity contribution in [3.8, 4) is 0 Å². The lowest BCUT2D eigenvalue weighted by Crippen LogP contribution is -2.49. The van der Waals surface area contributed by atoms with Gasteiger partial charge in [0.25, 0.3) is 0 Å². The highest BCUT2D eigenvalue weighted by Gasteiger charge is 2.18. The molecule has 2 saturated heterocycles. The molecule has 1 aromatic carbocycles. The molecule has 0 N–H and O–H groups in total. The lowest BCUT2D eigenvalue weighted by atomic mass is 10.2.